The molecule has 0 aliphatic carbocycles. The molecule has 5 rings (SSSR count). The van der Waals surface area contributed by atoms with Crippen molar-refractivity contribution in [2.75, 3.05) is 49.1 Å². The van der Waals surface area contributed by atoms with Gasteiger partial charge in [-0.25, -0.2) is 9.97 Å². The summed E-state index contributed by atoms with van der Waals surface area (Å²) in [5.41, 5.74) is 4.98. The second-order valence-corrected chi connectivity index (χ2v) is 9.72. The highest BCUT2D eigenvalue weighted by Crippen LogP contribution is 2.26. The van der Waals surface area contributed by atoms with Gasteiger partial charge in [0.15, 0.2) is 11.5 Å². The second kappa shape index (κ2) is 9.68. The number of nitrogens with zero attached hydrogens (tertiary/aromatic N) is 6. The summed E-state index contributed by atoms with van der Waals surface area (Å²) >= 11 is 0. The first-order chi connectivity index (χ1) is 17.0. The van der Waals surface area contributed by atoms with E-state index < -0.39 is 0 Å². The summed E-state index contributed by atoms with van der Waals surface area (Å²) in [6, 6.07) is 10.3. The molecule has 4 heterocycles. The molecule has 0 spiro atoms. The zero-order chi connectivity index (χ0) is 24.5. The third kappa shape index (κ3) is 4.49. The lowest BCUT2D eigenvalue weighted by atomic mass is 9.96. The highest BCUT2D eigenvalue weighted by molar-refractivity contribution is 5.80. The Bertz CT molecular complexity index is 1290. The van der Waals surface area contributed by atoms with Crippen molar-refractivity contribution in [3.63, 3.8) is 0 Å². The predicted octanol–water partition coefficient (Wildman–Crippen LogP) is 2.99. The number of piperidine rings is 1. The summed E-state index contributed by atoms with van der Waals surface area (Å²) in [5, 5.41) is 0. The molecule has 0 bridgehead atoms. The van der Waals surface area contributed by atoms with Gasteiger partial charge in [0.2, 0.25) is 5.91 Å². The van der Waals surface area contributed by atoms with Crippen LogP contribution in [0.25, 0.3) is 11.2 Å². The molecule has 2 aromatic heterocycles. The number of rotatable bonds is 4. The van der Waals surface area contributed by atoms with Crippen molar-refractivity contribution in [1.29, 1.82) is 0 Å². The van der Waals surface area contributed by atoms with Crippen LogP contribution in [0.15, 0.2) is 41.3 Å². The Balaban J connectivity index is 1.29. The molecular formula is C27H34N6O2. The zero-order valence-corrected chi connectivity index (χ0v) is 20.9. The van der Waals surface area contributed by atoms with E-state index in [1.165, 1.54) is 16.8 Å². The lowest BCUT2D eigenvalue weighted by Crippen LogP contribution is -2.53. The fourth-order valence-corrected chi connectivity index (χ4v) is 5.42. The first-order valence-corrected chi connectivity index (χ1v) is 12.7. The molecule has 8 heteroatoms. The topological polar surface area (TPSA) is 74.6 Å². The number of carbonyl (C=O) groups excluding carboxylic acids is 1. The van der Waals surface area contributed by atoms with Gasteiger partial charge in [-0.05, 0) is 62.9 Å². The smallest absolute Gasteiger partial charge is 0.295 e. The minimum absolute atomic E-state index is 0.114. The third-order valence-electron chi connectivity index (χ3n) is 7.37. The summed E-state index contributed by atoms with van der Waals surface area (Å²) < 4.78 is 1.68. The van der Waals surface area contributed by atoms with Gasteiger partial charge in [-0.15, -0.1) is 0 Å². The second-order valence-electron chi connectivity index (χ2n) is 9.72. The Morgan fingerprint density at radius 3 is 2.63 bits per heavy atom. The number of carbonyl (C=O) groups is 1. The van der Waals surface area contributed by atoms with Gasteiger partial charge in [0, 0.05) is 57.7 Å². The largest absolute Gasteiger partial charge is 0.368 e. The number of hydrogen-bond acceptors (Lipinski definition) is 6. The lowest BCUT2D eigenvalue weighted by molar-refractivity contribution is -0.136. The van der Waals surface area contributed by atoms with Crippen LogP contribution >= 0.6 is 0 Å². The number of piperazine rings is 1. The van der Waals surface area contributed by atoms with Crippen LogP contribution in [0, 0.1) is 19.8 Å². The van der Waals surface area contributed by atoms with Gasteiger partial charge < -0.3 is 14.7 Å². The summed E-state index contributed by atoms with van der Waals surface area (Å²) in [4.78, 5) is 42.2. The molecule has 0 radical (unpaired) electrons. The average molecular weight is 475 g/mol. The maximum Gasteiger partial charge on any atom is 0.295 e. The first-order valence-electron chi connectivity index (χ1n) is 12.7. The Labute approximate surface area is 206 Å². The summed E-state index contributed by atoms with van der Waals surface area (Å²) in [6.07, 6.45) is 3.41. The quantitative estimate of drug-likeness (QED) is 0.579. The summed E-state index contributed by atoms with van der Waals surface area (Å²) in [5.74, 6) is 0.523. The highest BCUT2D eigenvalue weighted by Gasteiger charge is 2.33. The molecule has 0 unspecified atom stereocenters. The molecule has 3 aromatic rings. The molecule has 1 atom stereocenters. The van der Waals surface area contributed by atoms with Crippen LogP contribution in [0.4, 0.5) is 11.5 Å². The SMILES string of the molecule is CCn1c(=O)c(N2CCC[C@H](C(=O)N3CCN(c4cc(C)ccc4C)CC3)C2)nc2cccnc21. The van der Waals surface area contributed by atoms with Crippen molar-refractivity contribution < 1.29 is 4.79 Å². The minimum atomic E-state index is -0.131. The summed E-state index contributed by atoms with van der Waals surface area (Å²) in [7, 11) is 0. The van der Waals surface area contributed by atoms with E-state index in [4.69, 9.17) is 0 Å². The zero-order valence-electron chi connectivity index (χ0n) is 20.9. The Hall–Kier alpha value is -3.42. The molecule has 184 valence electrons. The van der Waals surface area contributed by atoms with Crippen LogP contribution in [-0.2, 0) is 11.3 Å². The van der Waals surface area contributed by atoms with Crippen molar-refractivity contribution in [3.05, 3.63) is 58.0 Å². The van der Waals surface area contributed by atoms with Gasteiger partial charge in [0.1, 0.15) is 5.52 Å². The van der Waals surface area contributed by atoms with Crippen molar-refractivity contribution in [2.45, 2.75) is 40.2 Å². The number of hydrogen-bond donors (Lipinski definition) is 0. The molecule has 2 aliphatic rings. The Morgan fingerprint density at radius 1 is 1.06 bits per heavy atom. The third-order valence-corrected chi connectivity index (χ3v) is 7.37. The van der Waals surface area contributed by atoms with Crippen molar-refractivity contribution >= 4 is 28.6 Å². The molecule has 1 aromatic carbocycles. The molecular weight excluding hydrogens is 440 g/mol. The molecule has 2 fully saturated rings. The van der Waals surface area contributed by atoms with E-state index >= 15 is 0 Å². The maximum atomic E-state index is 13.5. The first kappa shape index (κ1) is 23.3. The molecule has 0 saturated carbocycles. The normalized spacial score (nSPS) is 18.8. The average Bonchev–Trinajstić information content (AvgIpc) is 2.89. The van der Waals surface area contributed by atoms with Gasteiger partial charge in [-0.3, -0.25) is 14.2 Å². The number of pyridine rings is 1. The van der Waals surface area contributed by atoms with Gasteiger partial charge in [0.25, 0.3) is 5.56 Å². The van der Waals surface area contributed by atoms with Crippen LogP contribution in [0.1, 0.15) is 30.9 Å². The minimum Gasteiger partial charge on any atom is -0.368 e. The maximum absolute atomic E-state index is 13.5. The van der Waals surface area contributed by atoms with E-state index in [0.29, 0.717) is 30.1 Å². The standard InChI is InChI=1S/C27H34N6O2/c1-4-33-24-22(8-5-11-28-24)29-25(27(33)35)32-12-6-7-21(18-32)26(34)31-15-13-30(14-16-31)23-17-19(2)9-10-20(23)3/h5,8-11,17,21H,4,6-7,12-16,18H2,1-3H3/t21-/m0/s1. The Kier molecular flexibility index (Phi) is 6.45. The monoisotopic (exact) mass is 474 g/mol. The van der Waals surface area contributed by atoms with Crippen LogP contribution in [0.5, 0.6) is 0 Å². The van der Waals surface area contributed by atoms with E-state index in [0.717, 1.165) is 45.6 Å². The van der Waals surface area contributed by atoms with Crippen molar-refractivity contribution in [2.24, 2.45) is 5.92 Å². The van der Waals surface area contributed by atoms with E-state index in [9.17, 15) is 9.59 Å². The fourth-order valence-electron chi connectivity index (χ4n) is 5.42. The number of fused-ring (bicyclic) bond motifs is 1. The van der Waals surface area contributed by atoms with E-state index in [2.05, 4.69) is 46.9 Å². The highest BCUT2D eigenvalue weighted by atomic mass is 16.2. The number of anilines is 2. The van der Waals surface area contributed by atoms with Crippen LogP contribution in [0.2, 0.25) is 0 Å². The number of amides is 1. The van der Waals surface area contributed by atoms with Gasteiger partial charge in [-0.2, -0.15) is 0 Å². The van der Waals surface area contributed by atoms with E-state index in [-0.39, 0.29) is 17.4 Å². The molecule has 8 nitrogen and oxygen atoms in total. The predicted molar refractivity (Wildman–Crippen MR) is 139 cm³/mol. The molecule has 1 amide bonds. The summed E-state index contributed by atoms with van der Waals surface area (Å²) in [6.45, 7) is 11.1. The van der Waals surface area contributed by atoms with Gasteiger partial charge in [0.05, 0.1) is 5.92 Å². The fraction of sp³-hybridized carbons (Fsp3) is 0.481. The number of benzene rings is 1. The van der Waals surface area contributed by atoms with Crippen LogP contribution in [0.3, 0.4) is 0 Å². The molecule has 2 aliphatic heterocycles. The number of aryl methyl sites for hydroxylation is 3. The van der Waals surface area contributed by atoms with Crippen LogP contribution < -0.4 is 15.4 Å². The van der Waals surface area contributed by atoms with Gasteiger partial charge in [-0.1, -0.05) is 12.1 Å². The lowest BCUT2D eigenvalue weighted by Gasteiger charge is -2.40. The molecule has 2 saturated heterocycles. The molecule has 0 N–H and O–H groups in total. The van der Waals surface area contributed by atoms with E-state index in [1.54, 1.807) is 10.8 Å². The molecule has 35 heavy (non-hydrogen) atoms. The van der Waals surface area contributed by atoms with Crippen LogP contribution in [-0.4, -0.2) is 64.6 Å². The van der Waals surface area contributed by atoms with Gasteiger partial charge >= 0.3 is 0 Å². The number of aromatic nitrogens is 3. The van der Waals surface area contributed by atoms with E-state index in [1.807, 2.05) is 28.9 Å². The Morgan fingerprint density at radius 2 is 1.86 bits per heavy atom. The van der Waals surface area contributed by atoms with Crippen molar-refractivity contribution in [1.82, 2.24) is 19.4 Å². The van der Waals surface area contributed by atoms with Crippen molar-refractivity contribution in [3.8, 4) is 0 Å².